The fourth-order valence-corrected chi connectivity index (χ4v) is 4.11. The van der Waals surface area contributed by atoms with E-state index >= 15 is 0 Å². The van der Waals surface area contributed by atoms with E-state index in [1.165, 1.54) is 42.0 Å². The van der Waals surface area contributed by atoms with Crippen molar-refractivity contribution < 1.29 is 4.74 Å². The highest BCUT2D eigenvalue weighted by Gasteiger charge is 2.29. The number of hydrogen-bond donors (Lipinski definition) is 1. The van der Waals surface area contributed by atoms with Crippen LogP contribution in [0.5, 0.6) is 5.75 Å². The van der Waals surface area contributed by atoms with Crippen molar-refractivity contribution in [3.8, 4) is 5.75 Å². The van der Waals surface area contributed by atoms with Gasteiger partial charge in [-0.1, -0.05) is 18.6 Å². The summed E-state index contributed by atoms with van der Waals surface area (Å²) in [5.41, 5.74) is 2.60. The number of hydrogen-bond acceptors (Lipinski definition) is 4. The quantitative estimate of drug-likeness (QED) is 0.808. The summed E-state index contributed by atoms with van der Waals surface area (Å²) in [7, 11) is 0. The fourth-order valence-electron chi connectivity index (χ4n) is 4.11. The maximum Gasteiger partial charge on any atom is 0.133 e. The number of fused-ring (bicyclic) bond motifs is 2. The van der Waals surface area contributed by atoms with Gasteiger partial charge >= 0.3 is 0 Å². The van der Waals surface area contributed by atoms with E-state index in [9.17, 15) is 0 Å². The Bertz CT molecular complexity index is 765. The number of nitrogens with zero attached hydrogens (tertiary/aromatic N) is 3. The predicted octanol–water partition coefficient (Wildman–Crippen LogP) is 3.44. The Kier molecular flexibility index (Phi) is 4.98. The zero-order valence-electron chi connectivity index (χ0n) is 16.1. The molecule has 5 heteroatoms. The average Bonchev–Trinajstić information content (AvgIpc) is 3.03. The summed E-state index contributed by atoms with van der Waals surface area (Å²) in [6.07, 6.45) is 8.01. The first kappa shape index (κ1) is 17.5. The largest absolute Gasteiger partial charge is 0.487 e. The summed E-state index contributed by atoms with van der Waals surface area (Å²) < 4.78 is 8.31. The first-order valence-corrected chi connectivity index (χ1v) is 10.0. The first-order valence-electron chi connectivity index (χ1n) is 10.0. The molecule has 0 spiro atoms. The Balaban J connectivity index is 1.24. The van der Waals surface area contributed by atoms with E-state index in [2.05, 4.69) is 52.1 Å². The van der Waals surface area contributed by atoms with E-state index in [1.807, 2.05) is 0 Å². The summed E-state index contributed by atoms with van der Waals surface area (Å²) in [6.45, 7) is 7.30. The molecule has 0 atom stereocenters. The Hall–Kier alpha value is -1.88. The van der Waals surface area contributed by atoms with Crippen LogP contribution in [0, 0.1) is 0 Å². The molecule has 4 rings (SSSR count). The Morgan fingerprint density at radius 2 is 2.12 bits per heavy atom. The minimum absolute atomic E-state index is 0.0648. The molecule has 0 radical (unpaired) electrons. The Morgan fingerprint density at radius 1 is 1.19 bits per heavy atom. The van der Waals surface area contributed by atoms with Gasteiger partial charge in [0.05, 0.1) is 0 Å². The van der Waals surface area contributed by atoms with E-state index < -0.39 is 0 Å². The van der Waals surface area contributed by atoms with Crippen molar-refractivity contribution in [2.75, 3.05) is 6.54 Å². The molecule has 5 nitrogen and oxygen atoms in total. The van der Waals surface area contributed by atoms with Crippen molar-refractivity contribution in [2.45, 2.75) is 77.5 Å². The second kappa shape index (κ2) is 7.39. The Morgan fingerprint density at radius 3 is 3.04 bits per heavy atom. The molecule has 0 fully saturated rings. The van der Waals surface area contributed by atoms with Crippen molar-refractivity contribution in [1.82, 2.24) is 20.1 Å². The molecule has 0 unspecified atom stereocenters. The van der Waals surface area contributed by atoms with Crippen molar-refractivity contribution in [3.05, 3.63) is 41.0 Å². The summed E-state index contributed by atoms with van der Waals surface area (Å²) in [5, 5.41) is 12.4. The molecule has 0 aliphatic carbocycles. The third-order valence-electron chi connectivity index (χ3n) is 5.40. The number of benzene rings is 1. The molecule has 26 heavy (non-hydrogen) atoms. The van der Waals surface area contributed by atoms with E-state index in [0.29, 0.717) is 0 Å². The van der Waals surface area contributed by atoms with Crippen LogP contribution in [0.25, 0.3) is 0 Å². The van der Waals surface area contributed by atoms with Gasteiger partial charge in [-0.05, 0) is 56.8 Å². The van der Waals surface area contributed by atoms with Gasteiger partial charge in [0.15, 0.2) is 0 Å². The lowest BCUT2D eigenvalue weighted by molar-refractivity contribution is 0.138. The molecule has 0 bridgehead atoms. The number of rotatable bonds is 6. The van der Waals surface area contributed by atoms with Crippen LogP contribution in [0.3, 0.4) is 0 Å². The average molecular weight is 354 g/mol. The lowest BCUT2D eigenvalue weighted by atomic mass is 10.0. The lowest BCUT2D eigenvalue weighted by Gasteiger charge is -2.16. The van der Waals surface area contributed by atoms with Crippen LogP contribution >= 0.6 is 0 Å². The van der Waals surface area contributed by atoms with Gasteiger partial charge in [0, 0.05) is 32.4 Å². The summed E-state index contributed by atoms with van der Waals surface area (Å²) in [6, 6.07) is 6.58. The molecular weight excluding hydrogens is 324 g/mol. The molecule has 0 amide bonds. The van der Waals surface area contributed by atoms with Gasteiger partial charge in [-0.25, -0.2) is 0 Å². The molecular formula is C21H30N4O. The zero-order valence-corrected chi connectivity index (χ0v) is 16.1. The van der Waals surface area contributed by atoms with E-state index in [0.717, 1.165) is 51.1 Å². The first-order chi connectivity index (χ1) is 12.6. The molecule has 1 N–H and O–H groups in total. The summed E-state index contributed by atoms with van der Waals surface area (Å²) in [4.78, 5) is 0. The number of aromatic nitrogens is 3. The standard InChI is InChI=1S/C21H30N4O/c1-21(2)14-17-13-16(9-10-18(17)26-21)15-22-11-6-8-20-24-23-19-7-4-3-5-12-25(19)20/h9-10,13,22H,3-8,11-12,14-15H2,1-2H3. The highest BCUT2D eigenvalue weighted by atomic mass is 16.5. The number of ether oxygens (including phenoxy) is 1. The highest BCUT2D eigenvalue weighted by molar-refractivity contribution is 5.41. The van der Waals surface area contributed by atoms with Crippen molar-refractivity contribution in [2.24, 2.45) is 0 Å². The molecule has 1 aromatic carbocycles. The van der Waals surface area contributed by atoms with Gasteiger partial charge in [-0.3, -0.25) is 0 Å². The molecule has 2 aliphatic rings. The van der Waals surface area contributed by atoms with Crippen molar-refractivity contribution in [3.63, 3.8) is 0 Å². The summed E-state index contributed by atoms with van der Waals surface area (Å²) in [5.74, 6) is 3.40. The van der Waals surface area contributed by atoms with Crippen LogP contribution in [0.4, 0.5) is 0 Å². The van der Waals surface area contributed by atoms with Crippen LogP contribution in [0.15, 0.2) is 18.2 Å². The monoisotopic (exact) mass is 354 g/mol. The SMILES string of the molecule is CC1(C)Cc2cc(CNCCCc3nnc4n3CCCCC4)ccc2O1. The van der Waals surface area contributed by atoms with Gasteiger partial charge < -0.3 is 14.6 Å². The van der Waals surface area contributed by atoms with Gasteiger partial charge in [0.1, 0.15) is 23.0 Å². The van der Waals surface area contributed by atoms with Crippen molar-refractivity contribution in [1.29, 1.82) is 0 Å². The normalized spacial score (nSPS) is 18.1. The molecule has 0 saturated heterocycles. The smallest absolute Gasteiger partial charge is 0.133 e. The third-order valence-corrected chi connectivity index (χ3v) is 5.40. The topological polar surface area (TPSA) is 52.0 Å². The maximum absolute atomic E-state index is 5.95. The van der Waals surface area contributed by atoms with Crippen molar-refractivity contribution >= 4 is 0 Å². The van der Waals surface area contributed by atoms with Gasteiger partial charge in [-0.2, -0.15) is 0 Å². The predicted molar refractivity (Wildman–Crippen MR) is 102 cm³/mol. The van der Waals surface area contributed by atoms with Gasteiger partial charge in [-0.15, -0.1) is 10.2 Å². The number of aryl methyl sites for hydroxylation is 2. The van der Waals surface area contributed by atoms with Gasteiger partial charge in [0.2, 0.25) is 0 Å². The second-order valence-corrected chi connectivity index (χ2v) is 8.26. The van der Waals surface area contributed by atoms with E-state index in [4.69, 9.17) is 4.74 Å². The molecule has 3 heterocycles. The molecule has 2 aromatic rings. The molecule has 1 aromatic heterocycles. The molecule has 0 saturated carbocycles. The minimum Gasteiger partial charge on any atom is -0.487 e. The molecule has 140 valence electrons. The van der Waals surface area contributed by atoms with Crippen LogP contribution in [-0.4, -0.2) is 26.9 Å². The zero-order chi connectivity index (χ0) is 18.0. The summed E-state index contributed by atoms with van der Waals surface area (Å²) >= 11 is 0. The fraction of sp³-hybridized carbons (Fsp3) is 0.619. The second-order valence-electron chi connectivity index (χ2n) is 8.26. The lowest BCUT2D eigenvalue weighted by Crippen LogP contribution is -2.24. The van der Waals surface area contributed by atoms with Gasteiger partial charge in [0.25, 0.3) is 0 Å². The maximum atomic E-state index is 5.95. The Labute approximate surface area is 156 Å². The number of nitrogens with one attached hydrogen (secondary N) is 1. The van der Waals surface area contributed by atoms with E-state index in [1.54, 1.807) is 0 Å². The third kappa shape index (κ3) is 3.93. The van der Waals surface area contributed by atoms with Crippen LogP contribution in [0.1, 0.15) is 62.3 Å². The minimum atomic E-state index is -0.0648. The van der Waals surface area contributed by atoms with Crippen LogP contribution in [-0.2, 0) is 32.4 Å². The molecule has 2 aliphatic heterocycles. The van der Waals surface area contributed by atoms with Crippen LogP contribution < -0.4 is 10.1 Å². The van der Waals surface area contributed by atoms with E-state index in [-0.39, 0.29) is 5.60 Å². The van der Waals surface area contributed by atoms with Crippen LogP contribution in [0.2, 0.25) is 0 Å². The highest BCUT2D eigenvalue weighted by Crippen LogP contribution is 2.35.